The van der Waals surface area contributed by atoms with E-state index in [1.165, 1.54) is 5.56 Å². The zero-order valence-corrected chi connectivity index (χ0v) is 20.6. The standard InChI is InChI=1S/C26H34N4OS/c1-6-29(7-2)13-14-30(26(32)27-22-10-8-9-18(3)15-22)17-21-16-23-19(4)11-12-20(5)24(23)28-25(21)31/h8-12,15-16H,6-7,13-14,17H2,1-5H3,(H,27,32)(H,28,31). The summed E-state index contributed by atoms with van der Waals surface area (Å²) in [5.41, 5.74) is 5.93. The summed E-state index contributed by atoms with van der Waals surface area (Å²) in [5, 5.41) is 5.08. The molecule has 0 amide bonds. The highest BCUT2D eigenvalue weighted by Gasteiger charge is 2.16. The number of hydrogen-bond acceptors (Lipinski definition) is 3. The van der Waals surface area contributed by atoms with Gasteiger partial charge in [0, 0.05) is 29.7 Å². The molecule has 0 saturated carbocycles. The zero-order chi connectivity index (χ0) is 23.3. The molecule has 1 aromatic heterocycles. The first kappa shape index (κ1) is 24.0. The number of aromatic amines is 1. The van der Waals surface area contributed by atoms with E-state index in [4.69, 9.17) is 12.2 Å². The van der Waals surface area contributed by atoms with Gasteiger partial charge in [-0.2, -0.15) is 0 Å². The van der Waals surface area contributed by atoms with Crippen LogP contribution in [0.2, 0.25) is 0 Å². The summed E-state index contributed by atoms with van der Waals surface area (Å²) in [6.07, 6.45) is 0. The number of nitrogens with zero attached hydrogens (tertiary/aromatic N) is 2. The Bertz CT molecular complexity index is 1150. The van der Waals surface area contributed by atoms with Gasteiger partial charge in [0.25, 0.3) is 5.56 Å². The Hall–Kier alpha value is -2.70. The lowest BCUT2D eigenvalue weighted by Gasteiger charge is -2.29. The number of pyridine rings is 1. The van der Waals surface area contributed by atoms with Crippen LogP contribution >= 0.6 is 12.2 Å². The first-order valence-corrected chi connectivity index (χ1v) is 11.7. The summed E-state index contributed by atoms with van der Waals surface area (Å²) in [7, 11) is 0. The van der Waals surface area contributed by atoms with Crippen molar-refractivity contribution in [3.63, 3.8) is 0 Å². The number of likely N-dealkylation sites (N-methyl/N-ethyl adjacent to an activating group) is 1. The predicted molar refractivity (Wildman–Crippen MR) is 140 cm³/mol. The van der Waals surface area contributed by atoms with Gasteiger partial charge in [-0.15, -0.1) is 0 Å². The Morgan fingerprint density at radius 1 is 1.00 bits per heavy atom. The number of benzene rings is 2. The molecular formula is C26H34N4OS. The quantitative estimate of drug-likeness (QED) is 0.473. The third-order valence-corrected chi connectivity index (χ3v) is 6.38. The highest BCUT2D eigenvalue weighted by atomic mass is 32.1. The predicted octanol–water partition coefficient (Wildman–Crippen LogP) is 4.99. The molecule has 3 aromatic rings. The smallest absolute Gasteiger partial charge is 0.253 e. The molecule has 32 heavy (non-hydrogen) atoms. The summed E-state index contributed by atoms with van der Waals surface area (Å²) in [6, 6.07) is 14.3. The second-order valence-corrected chi connectivity index (χ2v) is 8.75. The molecule has 0 unspecified atom stereocenters. The lowest BCUT2D eigenvalue weighted by Crippen LogP contribution is -2.41. The molecule has 2 aromatic carbocycles. The molecular weight excluding hydrogens is 416 g/mol. The van der Waals surface area contributed by atoms with Gasteiger partial charge >= 0.3 is 0 Å². The maximum absolute atomic E-state index is 13.0. The normalized spacial score (nSPS) is 11.2. The molecule has 0 aliphatic rings. The SMILES string of the molecule is CCN(CC)CCN(Cc1cc2c(C)ccc(C)c2[nH]c1=O)C(=S)Nc1cccc(C)c1. The van der Waals surface area contributed by atoms with E-state index in [2.05, 4.69) is 66.0 Å². The molecule has 6 heteroatoms. The lowest BCUT2D eigenvalue weighted by molar-refractivity contribution is 0.266. The largest absolute Gasteiger partial charge is 0.343 e. The molecule has 0 radical (unpaired) electrons. The number of thiocarbonyl (C=S) groups is 1. The Labute approximate surface area is 196 Å². The van der Waals surface area contributed by atoms with E-state index < -0.39 is 0 Å². The van der Waals surface area contributed by atoms with E-state index >= 15 is 0 Å². The Morgan fingerprint density at radius 3 is 2.41 bits per heavy atom. The molecule has 1 heterocycles. The van der Waals surface area contributed by atoms with Crippen molar-refractivity contribution in [1.82, 2.24) is 14.8 Å². The van der Waals surface area contributed by atoms with Gasteiger partial charge in [0.15, 0.2) is 5.11 Å². The van der Waals surface area contributed by atoms with Gasteiger partial charge in [0.2, 0.25) is 0 Å². The van der Waals surface area contributed by atoms with Crippen molar-refractivity contribution < 1.29 is 0 Å². The van der Waals surface area contributed by atoms with Crippen LogP contribution in [0.4, 0.5) is 5.69 Å². The number of H-pyrrole nitrogens is 1. The number of hydrogen-bond donors (Lipinski definition) is 2. The van der Waals surface area contributed by atoms with Crippen LogP contribution in [0.15, 0.2) is 47.3 Å². The minimum Gasteiger partial charge on any atom is -0.343 e. The highest BCUT2D eigenvalue weighted by molar-refractivity contribution is 7.80. The fourth-order valence-corrected chi connectivity index (χ4v) is 4.19. The van der Waals surface area contributed by atoms with E-state index in [0.29, 0.717) is 11.7 Å². The average Bonchev–Trinajstić information content (AvgIpc) is 2.77. The summed E-state index contributed by atoms with van der Waals surface area (Å²) in [6.45, 7) is 14.5. The van der Waals surface area contributed by atoms with Crippen molar-refractivity contribution in [1.29, 1.82) is 0 Å². The summed E-state index contributed by atoms with van der Waals surface area (Å²) in [5.74, 6) is 0. The molecule has 3 rings (SSSR count). The molecule has 0 fully saturated rings. The minimum atomic E-state index is -0.0580. The van der Waals surface area contributed by atoms with E-state index in [0.717, 1.165) is 59.5 Å². The second kappa shape index (κ2) is 10.7. The maximum Gasteiger partial charge on any atom is 0.253 e. The fourth-order valence-electron chi connectivity index (χ4n) is 3.92. The van der Waals surface area contributed by atoms with Crippen LogP contribution < -0.4 is 10.9 Å². The fraction of sp³-hybridized carbons (Fsp3) is 0.385. The van der Waals surface area contributed by atoms with Gasteiger partial charge in [-0.25, -0.2) is 0 Å². The third-order valence-electron chi connectivity index (χ3n) is 6.02. The summed E-state index contributed by atoms with van der Waals surface area (Å²) in [4.78, 5) is 20.5. The monoisotopic (exact) mass is 450 g/mol. The van der Waals surface area contributed by atoms with Crippen molar-refractivity contribution in [2.24, 2.45) is 0 Å². The molecule has 0 saturated heterocycles. The molecule has 0 bridgehead atoms. The number of rotatable bonds is 8. The van der Waals surface area contributed by atoms with Gasteiger partial charge < -0.3 is 20.1 Å². The number of aromatic nitrogens is 1. The van der Waals surface area contributed by atoms with Crippen molar-refractivity contribution in [2.75, 3.05) is 31.5 Å². The van der Waals surface area contributed by atoms with Gasteiger partial charge in [-0.05, 0) is 81.0 Å². The van der Waals surface area contributed by atoms with Crippen molar-refractivity contribution in [3.05, 3.63) is 75.1 Å². The third kappa shape index (κ3) is 5.75. The van der Waals surface area contributed by atoms with Crippen LogP contribution in [0.5, 0.6) is 0 Å². The summed E-state index contributed by atoms with van der Waals surface area (Å²) < 4.78 is 0. The maximum atomic E-state index is 13.0. The molecule has 0 atom stereocenters. The molecule has 0 spiro atoms. The van der Waals surface area contributed by atoms with Crippen LogP contribution in [0.25, 0.3) is 10.9 Å². The number of anilines is 1. The molecule has 170 valence electrons. The van der Waals surface area contributed by atoms with Crippen LogP contribution in [0.1, 0.15) is 36.1 Å². The average molecular weight is 451 g/mol. The van der Waals surface area contributed by atoms with E-state index in [1.54, 1.807) is 0 Å². The Balaban J connectivity index is 1.90. The first-order valence-electron chi connectivity index (χ1n) is 11.3. The van der Waals surface area contributed by atoms with Gasteiger partial charge in [-0.1, -0.05) is 38.1 Å². The second-order valence-electron chi connectivity index (χ2n) is 8.36. The van der Waals surface area contributed by atoms with Crippen LogP contribution in [-0.2, 0) is 6.54 Å². The lowest BCUT2D eigenvalue weighted by atomic mass is 10.0. The number of nitrogens with one attached hydrogen (secondary N) is 2. The van der Waals surface area contributed by atoms with Gasteiger partial charge in [0.1, 0.15) is 0 Å². The van der Waals surface area contributed by atoms with Gasteiger partial charge in [0.05, 0.1) is 12.1 Å². The van der Waals surface area contributed by atoms with E-state index in [1.807, 2.05) is 31.2 Å². The summed E-state index contributed by atoms with van der Waals surface area (Å²) >= 11 is 5.79. The number of aryl methyl sites for hydroxylation is 3. The molecule has 0 aliphatic heterocycles. The first-order chi connectivity index (χ1) is 15.3. The Kier molecular flexibility index (Phi) is 8.04. The topological polar surface area (TPSA) is 51.4 Å². The molecule has 0 aliphatic carbocycles. The van der Waals surface area contributed by atoms with Crippen molar-refractivity contribution in [3.8, 4) is 0 Å². The number of fused-ring (bicyclic) bond motifs is 1. The Morgan fingerprint density at radius 2 is 1.72 bits per heavy atom. The zero-order valence-electron chi connectivity index (χ0n) is 19.8. The van der Waals surface area contributed by atoms with Crippen LogP contribution in [0, 0.1) is 20.8 Å². The van der Waals surface area contributed by atoms with E-state index in [-0.39, 0.29) is 5.56 Å². The van der Waals surface area contributed by atoms with Gasteiger partial charge in [-0.3, -0.25) is 4.79 Å². The van der Waals surface area contributed by atoms with E-state index in [9.17, 15) is 4.79 Å². The van der Waals surface area contributed by atoms with Crippen molar-refractivity contribution >= 4 is 33.9 Å². The molecule has 5 nitrogen and oxygen atoms in total. The highest BCUT2D eigenvalue weighted by Crippen LogP contribution is 2.20. The van der Waals surface area contributed by atoms with Crippen LogP contribution in [-0.4, -0.2) is 46.1 Å². The molecule has 2 N–H and O–H groups in total. The van der Waals surface area contributed by atoms with Crippen LogP contribution in [0.3, 0.4) is 0 Å². The van der Waals surface area contributed by atoms with Crippen molar-refractivity contribution in [2.45, 2.75) is 41.2 Å². The minimum absolute atomic E-state index is 0.0580.